The lowest BCUT2D eigenvalue weighted by atomic mass is 10.0. The first-order chi connectivity index (χ1) is 14.6. The first-order valence-corrected chi connectivity index (χ1v) is 11.1. The number of H-pyrrole nitrogens is 1. The minimum absolute atomic E-state index is 0.00484. The van der Waals surface area contributed by atoms with Crippen LogP contribution in [0.1, 0.15) is 45.4 Å². The van der Waals surface area contributed by atoms with Crippen LogP contribution in [0.2, 0.25) is 0 Å². The monoisotopic (exact) mass is 414 g/mol. The average molecular weight is 415 g/mol. The average Bonchev–Trinajstić information content (AvgIpc) is 3.17. The number of nitrogens with zero attached hydrogens (tertiary/aromatic N) is 3. The molecule has 1 aliphatic rings. The number of carbonyl (C=O) groups excluding carboxylic acids is 1. The van der Waals surface area contributed by atoms with Gasteiger partial charge in [-0.25, -0.2) is 0 Å². The molecule has 0 saturated carbocycles. The summed E-state index contributed by atoms with van der Waals surface area (Å²) in [4.78, 5) is 16.5. The van der Waals surface area contributed by atoms with E-state index in [1.807, 2.05) is 39.0 Å². The molecule has 1 aromatic carbocycles. The fraction of sp³-hybridized carbons (Fsp3) is 0.565. The van der Waals surface area contributed by atoms with Gasteiger partial charge in [-0.3, -0.25) is 14.8 Å². The van der Waals surface area contributed by atoms with Gasteiger partial charge in [0.05, 0.1) is 12.3 Å². The third kappa shape index (κ3) is 4.95. The summed E-state index contributed by atoms with van der Waals surface area (Å²) >= 11 is 0. The lowest BCUT2D eigenvalue weighted by Gasteiger charge is -2.26. The maximum atomic E-state index is 12.3. The second-order valence-corrected chi connectivity index (χ2v) is 7.50. The number of hydrogen-bond donors (Lipinski definition) is 1. The van der Waals surface area contributed by atoms with Crippen LogP contribution in [0, 0.1) is 0 Å². The van der Waals surface area contributed by atoms with E-state index in [0.717, 1.165) is 43.7 Å². The zero-order valence-corrected chi connectivity index (χ0v) is 18.7. The van der Waals surface area contributed by atoms with Crippen molar-refractivity contribution in [3.05, 3.63) is 29.5 Å². The summed E-state index contributed by atoms with van der Waals surface area (Å²) in [5.74, 6) is 1.20. The molecule has 3 rings (SSSR count). The molecule has 7 heteroatoms. The largest absolute Gasteiger partial charge is 0.490 e. The SMILES string of the molecule is CCCN1CCc2[nH]nc(-c3ccc(OCC(=O)N(CC)CC)c(OCC)c3)c2C1. The molecular formula is C23H34N4O3. The number of likely N-dealkylation sites (N-methyl/N-ethyl adjacent to an activating group) is 1. The van der Waals surface area contributed by atoms with Crippen LogP contribution in [0.25, 0.3) is 11.3 Å². The van der Waals surface area contributed by atoms with Crippen molar-refractivity contribution in [1.82, 2.24) is 20.0 Å². The number of aromatic nitrogens is 2. The van der Waals surface area contributed by atoms with Gasteiger partial charge < -0.3 is 14.4 Å². The van der Waals surface area contributed by atoms with Gasteiger partial charge in [-0.05, 0) is 51.9 Å². The van der Waals surface area contributed by atoms with Crippen LogP contribution in [0.4, 0.5) is 0 Å². The Morgan fingerprint density at radius 2 is 1.97 bits per heavy atom. The Balaban J connectivity index is 1.81. The molecule has 0 aliphatic carbocycles. The molecule has 1 aromatic heterocycles. The number of carbonyl (C=O) groups is 1. The normalized spacial score (nSPS) is 13.7. The van der Waals surface area contributed by atoms with Crippen molar-refractivity contribution in [2.45, 2.75) is 47.1 Å². The van der Waals surface area contributed by atoms with Crippen molar-refractivity contribution in [3.63, 3.8) is 0 Å². The summed E-state index contributed by atoms with van der Waals surface area (Å²) in [5, 5.41) is 7.82. The predicted octanol–water partition coefficient (Wildman–Crippen LogP) is 3.49. The van der Waals surface area contributed by atoms with Gasteiger partial charge in [-0.15, -0.1) is 0 Å². The summed E-state index contributed by atoms with van der Waals surface area (Å²) in [6.45, 7) is 13.0. The van der Waals surface area contributed by atoms with Gasteiger partial charge in [0.1, 0.15) is 0 Å². The molecule has 0 unspecified atom stereocenters. The molecular weight excluding hydrogens is 380 g/mol. The molecule has 2 heterocycles. The minimum Gasteiger partial charge on any atom is -0.490 e. The highest BCUT2D eigenvalue weighted by Crippen LogP contribution is 2.35. The number of aromatic amines is 1. The Hall–Kier alpha value is -2.54. The van der Waals surface area contributed by atoms with E-state index in [9.17, 15) is 4.79 Å². The quantitative estimate of drug-likeness (QED) is 0.644. The summed E-state index contributed by atoms with van der Waals surface area (Å²) in [7, 11) is 0. The van der Waals surface area contributed by atoms with Crippen molar-refractivity contribution >= 4 is 5.91 Å². The maximum absolute atomic E-state index is 12.3. The molecule has 0 bridgehead atoms. The number of hydrogen-bond acceptors (Lipinski definition) is 5. The molecule has 0 spiro atoms. The van der Waals surface area contributed by atoms with E-state index in [1.54, 1.807) is 4.90 Å². The third-order valence-corrected chi connectivity index (χ3v) is 5.54. The van der Waals surface area contributed by atoms with E-state index >= 15 is 0 Å². The predicted molar refractivity (Wildman–Crippen MR) is 118 cm³/mol. The second-order valence-electron chi connectivity index (χ2n) is 7.50. The van der Waals surface area contributed by atoms with E-state index in [0.29, 0.717) is 31.2 Å². The maximum Gasteiger partial charge on any atom is 0.260 e. The van der Waals surface area contributed by atoms with Crippen LogP contribution in [0.3, 0.4) is 0 Å². The molecule has 7 nitrogen and oxygen atoms in total. The third-order valence-electron chi connectivity index (χ3n) is 5.54. The molecule has 0 saturated heterocycles. The molecule has 164 valence electrons. The van der Waals surface area contributed by atoms with Crippen LogP contribution >= 0.6 is 0 Å². The summed E-state index contributed by atoms with van der Waals surface area (Å²) in [6, 6.07) is 5.84. The molecule has 1 amide bonds. The van der Waals surface area contributed by atoms with Crippen molar-refractivity contribution in [3.8, 4) is 22.8 Å². The number of rotatable bonds is 10. The fourth-order valence-electron chi connectivity index (χ4n) is 3.95. The molecule has 0 radical (unpaired) electrons. The van der Waals surface area contributed by atoms with Crippen molar-refractivity contribution in [1.29, 1.82) is 0 Å². The van der Waals surface area contributed by atoms with Crippen molar-refractivity contribution < 1.29 is 14.3 Å². The summed E-state index contributed by atoms with van der Waals surface area (Å²) < 4.78 is 11.6. The first-order valence-electron chi connectivity index (χ1n) is 11.1. The number of benzene rings is 1. The van der Waals surface area contributed by atoms with Crippen LogP contribution in [-0.2, 0) is 17.8 Å². The zero-order valence-electron chi connectivity index (χ0n) is 18.7. The van der Waals surface area contributed by atoms with Crippen molar-refractivity contribution in [2.75, 3.05) is 39.4 Å². The highest BCUT2D eigenvalue weighted by molar-refractivity contribution is 5.78. The van der Waals surface area contributed by atoms with Crippen LogP contribution in [0.15, 0.2) is 18.2 Å². The van der Waals surface area contributed by atoms with Gasteiger partial charge in [-0.2, -0.15) is 5.10 Å². The van der Waals surface area contributed by atoms with Crippen LogP contribution in [-0.4, -0.2) is 65.3 Å². The van der Waals surface area contributed by atoms with Gasteiger partial charge in [-0.1, -0.05) is 6.92 Å². The van der Waals surface area contributed by atoms with Gasteiger partial charge >= 0.3 is 0 Å². The Labute approximate surface area is 179 Å². The number of nitrogens with one attached hydrogen (secondary N) is 1. The second kappa shape index (κ2) is 10.5. The molecule has 0 atom stereocenters. The van der Waals surface area contributed by atoms with Gasteiger partial charge in [0.2, 0.25) is 0 Å². The Morgan fingerprint density at radius 1 is 1.17 bits per heavy atom. The molecule has 1 N–H and O–H groups in total. The fourth-order valence-corrected chi connectivity index (χ4v) is 3.95. The van der Waals surface area contributed by atoms with Gasteiger partial charge in [0, 0.05) is 49.4 Å². The molecule has 30 heavy (non-hydrogen) atoms. The molecule has 0 fully saturated rings. The van der Waals surface area contributed by atoms with Crippen LogP contribution < -0.4 is 9.47 Å². The van der Waals surface area contributed by atoms with Crippen LogP contribution in [0.5, 0.6) is 11.5 Å². The Morgan fingerprint density at radius 3 is 2.67 bits per heavy atom. The highest BCUT2D eigenvalue weighted by atomic mass is 16.5. The summed E-state index contributed by atoms with van der Waals surface area (Å²) in [6.07, 6.45) is 2.14. The van der Waals surface area contributed by atoms with E-state index in [-0.39, 0.29) is 12.5 Å². The van der Waals surface area contributed by atoms with E-state index in [4.69, 9.17) is 9.47 Å². The lowest BCUT2D eigenvalue weighted by molar-refractivity contribution is -0.132. The topological polar surface area (TPSA) is 70.7 Å². The number of fused-ring (bicyclic) bond motifs is 1. The lowest BCUT2D eigenvalue weighted by Crippen LogP contribution is -2.34. The molecule has 2 aromatic rings. The number of amides is 1. The van der Waals surface area contributed by atoms with E-state index in [1.165, 1.54) is 11.3 Å². The van der Waals surface area contributed by atoms with Crippen molar-refractivity contribution in [2.24, 2.45) is 0 Å². The summed E-state index contributed by atoms with van der Waals surface area (Å²) in [5.41, 5.74) is 4.46. The smallest absolute Gasteiger partial charge is 0.260 e. The van der Waals surface area contributed by atoms with Gasteiger partial charge in [0.15, 0.2) is 18.1 Å². The molecule has 1 aliphatic heterocycles. The highest BCUT2D eigenvalue weighted by Gasteiger charge is 2.23. The number of ether oxygens (including phenoxy) is 2. The standard InChI is InChI=1S/C23H34N4O3/c1-5-12-26-13-11-19-18(15-26)23(25-24-19)17-9-10-20(21(14-17)29-8-4)30-16-22(28)27(6-2)7-3/h9-10,14H,5-8,11-13,15-16H2,1-4H3,(H,24,25). The van der Waals surface area contributed by atoms with E-state index < -0.39 is 0 Å². The Kier molecular flexibility index (Phi) is 7.74. The first kappa shape index (κ1) is 22.2. The van der Waals surface area contributed by atoms with Gasteiger partial charge in [0.25, 0.3) is 5.91 Å². The van der Waals surface area contributed by atoms with E-state index in [2.05, 4.69) is 22.0 Å². The zero-order chi connectivity index (χ0) is 21.5. The Bertz CT molecular complexity index is 845. The minimum atomic E-state index is -0.0242.